The summed E-state index contributed by atoms with van der Waals surface area (Å²) >= 11 is 3.80. The summed E-state index contributed by atoms with van der Waals surface area (Å²) in [5.41, 5.74) is 11.6. The number of benzene rings is 8. The molecule has 2 nitrogen and oxygen atoms in total. The molecule has 0 fully saturated rings. The number of rotatable bonds is 8. The van der Waals surface area contributed by atoms with E-state index in [4.69, 9.17) is 0 Å². The summed E-state index contributed by atoms with van der Waals surface area (Å²) in [6, 6.07) is 74.3. The maximum atomic E-state index is 2.44. The molecule has 0 bridgehead atoms. The van der Waals surface area contributed by atoms with E-state index in [0.29, 0.717) is 0 Å². The first-order valence-corrected chi connectivity index (χ1v) is 19.8. The van der Waals surface area contributed by atoms with Crippen molar-refractivity contribution >= 4 is 86.4 Å². The predicted octanol–water partition coefficient (Wildman–Crippen LogP) is 15.5. The molecule has 256 valence electrons. The van der Waals surface area contributed by atoms with Crippen molar-refractivity contribution in [3.05, 3.63) is 206 Å². The van der Waals surface area contributed by atoms with E-state index in [9.17, 15) is 0 Å². The number of thiophene rings is 2. The maximum absolute atomic E-state index is 2.44. The van der Waals surface area contributed by atoms with E-state index in [-0.39, 0.29) is 0 Å². The molecule has 0 spiro atoms. The van der Waals surface area contributed by atoms with Crippen LogP contribution < -0.4 is 9.80 Å². The van der Waals surface area contributed by atoms with Crippen LogP contribution in [-0.4, -0.2) is 0 Å². The minimum Gasteiger partial charge on any atom is -0.310 e. The fourth-order valence-electron chi connectivity index (χ4n) is 7.62. The van der Waals surface area contributed by atoms with Gasteiger partial charge in [0.2, 0.25) is 0 Å². The number of para-hydroxylation sites is 4. The normalized spacial score (nSPS) is 11.3. The van der Waals surface area contributed by atoms with Gasteiger partial charge in [-0.2, -0.15) is 0 Å². The van der Waals surface area contributed by atoms with Crippen LogP contribution in [0, 0.1) is 0 Å². The average Bonchev–Trinajstić information content (AvgIpc) is 3.78. The molecule has 2 aromatic heterocycles. The van der Waals surface area contributed by atoms with Crippen molar-refractivity contribution in [1.29, 1.82) is 0 Å². The molecule has 4 heteroatoms. The lowest BCUT2D eigenvalue weighted by Crippen LogP contribution is -2.11. The largest absolute Gasteiger partial charge is 0.310 e. The third-order valence-corrected chi connectivity index (χ3v) is 12.4. The zero-order valence-electron chi connectivity index (χ0n) is 29.3. The van der Waals surface area contributed by atoms with E-state index in [1.165, 1.54) is 51.8 Å². The van der Waals surface area contributed by atoms with Crippen LogP contribution in [0.4, 0.5) is 34.1 Å². The summed E-state index contributed by atoms with van der Waals surface area (Å²) in [5, 5.41) is 3.92. The van der Waals surface area contributed by atoms with Gasteiger partial charge in [0.25, 0.3) is 0 Å². The summed E-state index contributed by atoms with van der Waals surface area (Å²) in [6.07, 6.45) is 0. The van der Waals surface area contributed by atoms with Gasteiger partial charge in [0.05, 0.1) is 15.4 Å². The van der Waals surface area contributed by atoms with Crippen LogP contribution in [0.5, 0.6) is 0 Å². The first-order chi connectivity index (χ1) is 26.8. The molecule has 0 atom stereocenters. The van der Waals surface area contributed by atoms with Gasteiger partial charge in [-0.25, -0.2) is 0 Å². The third kappa shape index (κ3) is 5.73. The molecule has 10 aromatic rings. The van der Waals surface area contributed by atoms with Crippen molar-refractivity contribution in [3.8, 4) is 22.3 Å². The minimum atomic E-state index is 1.13. The number of hydrogen-bond acceptors (Lipinski definition) is 4. The number of anilines is 6. The van der Waals surface area contributed by atoms with Gasteiger partial charge in [-0.05, 0) is 83.9 Å². The van der Waals surface area contributed by atoms with Crippen molar-refractivity contribution in [2.45, 2.75) is 0 Å². The lowest BCUT2D eigenvalue weighted by molar-refractivity contribution is 1.29. The Bertz CT molecular complexity index is 2580. The van der Waals surface area contributed by atoms with Gasteiger partial charge < -0.3 is 9.80 Å². The lowest BCUT2D eigenvalue weighted by Gasteiger charge is -2.28. The predicted molar refractivity (Wildman–Crippen MR) is 235 cm³/mol. The fraction of sp³-hybridized carbons (Fsp3) is 0. The van der Waals surface area contributed by atoms with Crippen LogP contribution in [0.2, 0.25) is 0 Å². The molecule has 0 amide bonds. The third-order valence-electron chi connectivity index (χ3n) is 10.1. The second-order valence-electron chi connectivity index (χ2n) is 13.3. The zero-order valence-corrected chi connectivity index (χ0v) is 31.0. The molecular weight excluding hydrogens is 693 g/mol. The van der Waals surface area contributed by atoms with Crippen LogP contribution in [0.1, 0.15) is 0 Å². The molecule has 10 rings (SSSR count). The summed E-state index contributed by atoms with van der Waals surface area (Å²) in [5.74, 6) is 0. The van der Waals surface area contributed by atoms with E-state index in [1.807, 2.05) is 22.7 Å². The molecule has 0 N–H and O–H groups in total. The van der Waals surface area contributed by atoms with E-state index < -0.39 is 0 Å². The van der Waals surface area contributed by atoms with E-state index in [2.05, 4.69) is 216 Å². The SMILES string of the molecule is c1ccc(-c2cc3c(cc2N(c2ccccc2)c2ccccc2)sc2sc4cc(N(c5ccccc5)c5ccccc5)c(-c5ccccc5)cc4c23)cc1. The summed E-state index contributed by atoms with van der Waals surface area (Å²) in [7, 11) is 0. The molecule has 0 radical (unpaired) electrons. The van der Waals surface area contributed by atoms with Gasteiger partial charge in [-0.3, -0.25) is 0 Å². The Morgan fingerprint density at radius 3 is 0.926 bits per heavy atom. The summed E-state index contributed by atoms with van der Waals surface area (Å²) in [4.78, 5) is 4.80. The molecule has 0 saturated carbocycles. The lowest BCUT2D eigenvalue weighted by atomic mass is 9.97. The fourth-order valence-corrected chi connectivity index (χ4v) is 10.2. The summed E-state index contributed by atoms with van der Waals surface area (Å²) < 4.78 is 3.90. The first kappa shape index (κ1) is 32.2. The van der Waals surface area contributed by atoms with Gasteiger partial charge in [0.15, 0.2) is 0 Å². The standard InChI is InChI=1S/C50H34N2S2/c1-7-19-35(20-8-1)41-31-43-47(33-45(41)51(37-23-11-3-12-24-37)38-25-13-4-14-26-38)53-50-49(43)44-32-42(36-21-9-2-10-22-36)46(34-48(44)54-50)52(39-27-15-5-16-28-39)40-29-17-6-18-30-40/h1-34H. The molecule has 0 aliphatic heterocycles. The van der Waals surface area contributed by atoms with Crippen molar-refractivity contribution < 1.29 is 0 Å². The highest BCUT2D eigenvalue weighted by Crippen LogP contribution is 2.52. The monoisotopic (exact) mass is 726 g/mol. The Labute approximate surface area is 323 Å². The van der Waals surface area contributed by atoms with Gasteiger partial charge in [0, 0.05) is 59.4 Å². The van der Waals surface area contributed by atoms with Crippen LogP contribution in [0.3, 0.4) is 0 Å². The van der Waals surface area contributed by atoms with Gasteiger partial charge in [-0.15, -0.1) is 22.7 Å². The van der Waals surface area contributed by atoms with Crippen molar-refractivity contribution in [2.24, 2.45) is 0 Å². The molecule has 2 heterocycles. The molecule has 8 aromatic carbocycles. The van der Waals surface area contributed by atoms with Crippen molar-refractivity contribution in [1.82, 2.24) is 0 Å². The Morgan fingerprint density at radius 2 is 0.611 bits per heavy atom. The highest BCUT2D eigenvalue weighted by molar-refractivity contribution is 7.44. The number of fused-ring (bicyclic) bond motifs is 5. The molecule has 0 aliphatic carbocycles. The topological polar surface area (TPSA) is 6.48 Å². The van der Waals surface area contributed by atoms with Gasteiger partial charge in [-0.1, -0.05) is 133 Å². The number of hydrogen-bond donors (Lipinski definition) is 0. The quantitative estimate of drug-likeness (QED) is 0.154. The molecular formula is C50H34N2S2. The van der Waals surface area contributed by atoms with Crippen LogP contribution >= 0.6 is 22.7 Å². The second kappa shape index (κ2) is 13.8. The maximum Gasteiger partial charge on any atom is 0.0890 e. The Morgan fingerprint density at radius 1 is 0.315 bits per heavy atom. The first-order valence-electron chi connectivity index (χ1n) is 18.2. The van der Waals surface area contributed by atoms with Crippen LogP contribution in [0.25, 0.3) is 51.8 Å². The summed E-state index contributed by atoms with van der Waals surface area (Å²) in [6.45, 7) is 0. The molecule has 0 saturated heterocycles. The highest BCUT2D eigenvalue weighted by atomic mass is 32.2. The van der Waals surface area contributed by atoms with Crippen LogP contribution in [0.15, 0.2) is 206 Å². The van der Waals surface area contributed by atoms with E-state index in [1.54, 1.807) is 0 Å². The van der Waals surface area contributed by atoms with E-state index >= 15 is 0 Å². The molecule has 0 unspecified atom stereocenters. The Balaban J connectivity index is 1.25. The van der Waals surface area contributed by atoms with E-state index in [0.717, 1.165) is 34.1 Å². The van der Waals surface area contributed by atoms with Crippen LogP contribution in [-0.2, 0) is 0 Å². The second-order valence-corrected chi connectivity index (χ2v) is 15.7. The average molecular weight is 727 g/mol. The zero-order chi connectivity index (χ0) is 35.8. The van der Waals surface area contributed by atoms with Gasteiger partial charge in [0.1, 0.15) is 0 Å². The minimum absolute atomic E-state index is 1.13. The highest BCUT2D eigenvalue weighted by Gasteiger charge is 2.24. The van der Waals surface area contributed by atoms with Gasteiger partial charge >= 0.3 is 0 Å². The van der Waals surface area contributed by atoms with Crippen molar-refractivity contribution in [2.75, 3.05) is 9.80 Å². The number of nitrogens with zero attached hydrogens (tertiary/aromatic N) is 2. The smallest absolute Gasteiger partial charge is 0.0890 e. The molecule has 0 aliphatic rings. The Kier molecular flexibility index (Phi) is 8.25. The van der Waals surface area contributed by atoms with Crippen molar-refractivity contribution in [3.63, 3.8) is 0 Å². The Hall–Kier alpha value is -6.46. The molecule has 54 heavy (non-hydrogen) atoms.